The van der Waals surface area contributed by atoms with Gasteiger partial charge in [0.05, 0.1) is 51.4 Å². The van der Waals surface area contributed by atoms with Crippen molar-refractivity contribution in [1.82, 2.24) is 19.1 Å². The molecule has 0 saturated carbocycles. The Bertz CT molecular complexity index is 2680. The number of hydrogen-bond acceptors (Lipinski definition) is 18. The Morgan fingerprint density at radius 2 is 1.23 bits per heavy atom. The summed E-state index contributed by atoms with van der Waals surface area (Å²) in [6.07, 6.45) is -7.61. The Kier molecular flexibility index (Phi) is 19.9. The highest BCUT2D eigenvalue weighted by Gasteiger charge is 2.56. The molecule has 2 aliphatic rings. The van der Waals surface area contributed by atoms with Gasteiger partial charge >= 0.3 is 26.8 Å². The number of rotatable bonds is 22. The number of hydrogen-bond donors (Lipinski definition) is 3. The van der Waals surface area contributed by atoms with E-state index in [2.05, 4.69) is 9.97 Å². The maximum atomic E-state index is 15.8. The molecule has 392 valence electrons. The zero-order valence-electron chi connectivity index (χ0n) is 42.0. The Hall–Kier alpha value is -3.11. The molecule has 2 fully saturated rings. The van der Waals surface area contributed by atoms with Gasteiger partial charge in [-0.1, -0.05) is 53.1 Å². The van der Waals surface area contributed by atoms with Crippen molar-refractivity contribution in [3.8, 4) is 12.1 Å². The number of ether oxygens (including phenoxy) is 2. The molecule has 3 aromatic rings. The highest BCUT2D eigenvalue weighted by Crippen LogP contribution is 2.66. The number of nitrogens with zero attached hydrogens (tertiary/aromatic N) is 4. The summed E-state index contributed by atoms with van der Waals surface area (Å²) in [5.41, 5.74) is -2.50. The normalized spacial score (nSPS) is 24.0. The average Bonchev–Trinajstić information content (AvgIpc) is 3.77. The van der Waals surface area contributed by atoms with Crippen LogP contribution < -0.4 is 22.5 Å². The molecule has 0 aliphatic carbocycles. The summed E-state index contributed by atoms with van der Waals surface area (Å²) in [7, 11) is -8.05. The van der Waals surface area contributed by atoms with E-state index in [1.165, 1.54) is 30.8 Å². The molecule has 2 saturated heterocycles. The van der Waals surface area contributed by atoms with Gasteiger partial charge in [-0.2, -0.15) is 10.5 Å². The summed E-state index contributed by atoms with van der Waals surface area (Å²) in [6, 6.07) is 10.4. The number of benzene rings is 1. The van der Waals surface area contributed by atoms with Crippen molar-refractivity contribution in [2.75, 3.05) is 26.4 Å². The van der Waals surface area contributed by atoms with Crippen LogP contribution in [-0.4, -0.2) is 104 Å². The number of aliphatic hydroxyl groups is 1. The van der Waals surface area contributed by atoms with Crippen molar-refractivity contribution >= 4 is 55.0 Å². The van der Waals surface area contributed by atoms with Gasteiger partial charge < -0.3 is 37.0 Å². The SMILES string of the molecule is Cc1cn([C@@H]2O[C@H](COP(=O)(O[C@H]3C(O[Si](C)(C)C(C)(C)C)[C@H](n4cc(C)c(=O)[nH]c4=O)O[C@@H]3CO)Sc3ccc(Cl)cc3)[C@@H](OP(OCCC#N)OCCC#N)C2O[Si](C)(C)C(C)(C)C)c(=O)[nH]c1=O. The van der Waals surface area contributed by atoms with Gasteiger partial charge in [-0.05, 0) is 85.8 Å². The predicted molar refractivity (Wildman–Crippen MR) is 271 cm³/mol. The van der Waals surface area contributed by atoms with Gasteiger partial charge in [0, 0.05) is 33.4 Å². The zero-order chi connectivity index (χ0) is 52.9. The monoisotopic (exact) mass is 1100 g/mol. The van der Waals surface area contributed by atoms with E-state index in [4.69, 9.17) is 52.5 Å². The average molecular weight is 1100 g/mol. The summed E-state index contributed by atoms with van der Waals surface area (Å²) in [6.45, 7) is 16.8. The largest absolute Gasteiger partial charge is 0.407 e. The van der Waals surface area contributed by atoms with Crippen molar-refractivity contribution in [2.24, 2.45) is 0 Å². The molecule has 9 atom stereocenters. The van der Waals surface area contributed by atoms with Crippen LogP contribution in [0.15, 0.2) is 60.7 Å². The Morgan fingerprint density at radius 1 is 0.775 bits per heavy atom. The van der Waals surface area contributed by atoms with E-state index in [1.54, 1.807) is 24.3 Å². The second kappa shape index (κ2) is 24.1. The van der Waals surface area contributed by atoms with E-state index in [0.29, 0.717) is 21.3 Å². The Labute approximate surface area is 424 Å². The first kappa shape index (κ1) is 58.8. The molecule has 2 aliphatic heterocycles. The lowest BCUT2D eigenvalue weighted by atomic mass is 10.1. The Morgan fingerprint density at radius 3 is 1.66 bits per heavy atom. The molecule has 3 N–H and O–H groups in total. The molecule has 27 heteroatoms. The molecule has 71 heavy (non-hydrogen) atoms. The van der Waals surface area contributed by atoms with Crippen LogP contribution in [0.3, 0.4) is 0 Å². The molecule has 1 aromatic carbocycles. The third kappa shape index (κ3) is 14.6. The third-order valence-corrected chi connectivity index (χ3v) is 26.7. The second-order valence-electron chi connectivity index (χ2n) is 20.1. The van der Waals surface area contributed by atoms with Gasteiger partial charge in [-0.25, -0.2) is 14.2 Å². The van der Waals surface area contributed by atoms with Crippen LogP contribution in [0, 0.1) is 36.5 Å². The van der Waals surface area contributed by atoms with E-state index in [-0.39, 0.29) is 37.2 Å². The highest BCUT2D eigenvalue weighted by molar-refractivity contribution is 8.55. The van der Waals surface area contributed by atoms with Crippen molar-refractivity contribution in [3.05, 3.63) is 94.5 Å². The maximum absolute atomic E-state index is 15.8. The molecule has 5 rings (SSSR count). The van der Waals surface area contributed by atoms with Gasteiger partial charge in [0.2, 0.25) is 0 Å². The van der Waals surface area contributed by atoms with Gasteiger partial charge in [0.15, 0.2) is 29.1 Å². The van der Waals surface area contributed by atoms with Gasteiger partial charge in [0.1, 0.15) is 36.6 Å². The minimum atomic E-state index is -4.65. The van der Waals surface area contributed by atoms with Gasteiger partial charge in [-0.3, -0.25) is 37.7 Å². The number of aliphatic hydroxyl groups excluding tert-OH is 1. The van der Waals surface area contributed by atoms with Crippen LogP contribution in [0.4, 0.5) is 0 Å². The van der Waals surface area contributed by atoms with Crippen molar-refractivity contribution < 1.29 is 50.6 Å². The van der Waals surface area contributed by atoms with Crippen molar-refractivity contribution in [1.29, 1.82) is 10.5 Å². The number of aromatic amines is 2. The predicted octanol–water partition coefficient (Wildman–Crippen LogP) is 7.70. The maximum Gasteiger partial charge on any atom is 0.394 e. The van der Waals surface area contributed by atoms with Crippen molar-refractivity contribution in [3.63, 3.8) is 0 Å². The molecule has 0 bridgehead atoms. The number of H-pyrrole nitrogens is 2. The van der Waals surface area contributed by atoms with Crippen LogP contribution in [0.1, 0.15) is 78.0 Å². The molecule has 0 radical (unpaired) electrons. The molecule has 0 spiro atoms. The smallest absolute Gasteiger partial charge is 0.394 e. The topological polar surface area (TPSA) is 278 Å². The zero-order valence-corrected chi connectivity index (χ0v) is 47.3. The fourth-order valence-corrected chi connectivity index (χ4v) is 14.1. The molecule has 3 unspecified atom stereocenters. The molecule has 4 heterocycles. The molecule has 0 amide bonds. The van der Waals surface area contributed by atoms with Crippen LogP contribution in [0.25, 0.3) is 0 Å². The minimum Gasteiger partial charge on any atom is -0.407 e. The van der Waals surface area contributed by atoms with Crippen molar-refractivity contribution in [2.45, 2.75) is 158 Å². The van der Waals surface area contributed by atoms with E-state index >= 15 is 4.57 Å². The molecule has 21 nitrogen and oxygen atoms in total. The van der Waals surface area contributed by atoms with Crippen LogP contribution >= 0.6 is 38.4 Å². The lowest BCUT2D eigenvalue weighted by Gasteiger charge is -2.41. The first-order valence-corrected chi connectivity index (χ1v) is 33.1. The van der Waals surface area contributed by atoms with E-state index in [0.717, 1.165) is 4.57 Å². The number of aromatic nitrogens is 4. The Balaban J connectivity index is 1.66. The van der Waals surface area contributed by atoms with Crippen LogP contribution in [-0.2, 0) is 45.5 Å². The second-order valence-corrected chi connectivity index (χ2v) is 35.1. The lowest BCUT2D eigenvalue weighted by Crippen LogP contribution is -2.50. The summed E-state index contributed by atoms with van der Waals surface area (Å²) in [5.74, 6) is 0. The summed E-state index contributed by atoms with van der Waals surface area (Å²) in [5, 5.41) is 29.2. The fraction of sp³-hybridized carbons (Fsp3) is 0.636. The van der Waals surface area contributed by atoms with Crippen LogP contribution in [0.5, 0.6) is 0 Å². The summed E-state index contributed by atoms with van der Waals surface area (Å²) >= 11 is 6.97. The number of nitriles is 2. The van der Waals surface area contributed by atoms with E-state index in [9.17, 15) is 34.8 Å². The summed E-state index contributed by atoms with van der Waals surface area (Å²) in [4.78, 5) is 57.3. The molecule has 2 aromatic heterocycles. The number of halogens is 1. The van der Waals surface area contributed by atoms with E-state index < -0.39 is 127 Å². The first-order valence-electron chi connectivity index (χ1n) is 22.8. The fourth-order valence-electron chi connectivity index (χ4n) is 6.78. The quantitative estimate of drug-likeness (QED) is 0.0493. The van der Waals surface area contributed by atoms with Gasteiger partial charge in [0.25, 0.3) is 11.1 Å². The standard InChI is InChI=1S/C44H65ClN6O15P2SSi2/c1-27-23-50(41(55)48-37(27)53)39-35(65-70(9,10)43(3,4)5)33(63-67(58-21-13-19-46)59-22-14-20-47)32(62-39)26-60-68(57,69-30-17-15-29(45)16-18-30)64-34-31(25-52)61-40(36(34)66-71(11,12)44(6,7)8)51-24-28(2)38(54)49-42(51)56/h15-18,23-24,31-36,39-40,52H,13-14,21-22,25-26H2,1-12H3,(H,48,53,55)(H,49,54,56)/t31-,32-,33-,34-,35?,36?,39-,40-,68?/m1/s1. The van der Waals surface area contributed by atoms with E-state index in [1.807, 2.05) is 79.9 Å². The minimum absolute atomic E-state index is 0.0321. The first-order chi connectivity index (χ1) is 33.0. The third-order valence-electron chi connectivity index (χ3n) is 12.8. The lowest BCUT2D eigenvalue weighted by molar-refractivity contribution is -0.0558. The number of nitrogens with one attached hydrogen (secondary N) is 2. The highest BCUT2D eigenvalue weighted by atomic mass is 35.5. The molecular formula is C44H65ClN6O15P2SSi2. The van der Waals surface area contributed by atoms with Gasteiger partial charge in [-0.15, -0.1) is 0 Å². The summed E-state index contributed by atoms with van der Waals surface area (Å²) < 4.78 is 76.8. The number of aryl methyl sites for hydroxylation is 2. The molecular weight excluding hydrogens is 1040 g/mol. The van der Waals surface area contributed by atoms with Crippen LogP contribution in [0.2, 0.25) is 41.3 Å².